The first-order chi connectivity index (χ1) is 9.13. The van der Waals surface area contributed by atoms with Gasteiger partial charge in [-0.2, -0.15) is 0 Å². The van der Waals surface area contributed by atoms with Crippen molar-refractivity contribution < 1.29 is 13.9 Å². The molecule has 6 nitrogen and oxygen atoms in total. The molecule has 0 radical (unpaired) electrons. The molecule has 2 aromatic rings. The first-order valence-electron chi connectivity index (χ1n) is 5.88. The van der Waals surface area contributed by atoms with E-state index in [0.29, 0.717) is 29.6 Å². The van der Waals surface area contributed by atoms with E-state index < -0.39 is 5.97 Å². The minimum absolute atomic E-state index is 0.311. The van der Waals surface area contributed by atoms with E-state index in [2.05, 4.69) is 9.97 Å². The number of ether oxygens (including phenoxy) is 1. The van der Waals surface area contributed by atoms with E-state index in [1.807, 2.05) is 0 Å². The van der Waals surface area contributed by atoms with Crippen molar-refractivity contribution >= 4 is 11.8 Å². The number of furan rings is 1. The zero-order valence-corrected chi connectivity index (χ0v) is 11.1. The van der Waals surface area contributed by atoms with Crippen molar-refractivity contribution in [1.82, 2.24) is 9.97 Å². The summed E-state index contributed by atoms with van der Waals surface area (Å²) >= 11 is 0. The van der Waals surface area contributed by atoms with Crippen molar-refractivity contribution in [2.75, 3.05) is 25.6 Å². The number of esters is 1. The van der Waals surface area contributed by atoms with Gasteiger partial charge in [0.2, 0.25) is 0 Å². The average Bonchev–Trinajstić information content (AvgIpc) is 2.92. The Bertz CT molecular complexity index is 565. The summed E-state index contributed by atoms with van der Waals surface area (Å²) < 4.78 is 10.2. The number of hydrogen-bond donors (Lipinski definition) is 0. The summed E-state index contributed by atoms with van der Waals surface area (Å²) in [6, 6.07) is 3.52. The largest absolute Gasteiger partial charge is 0.462 e. The summed E-state index contributed by atoms with van der Waals surface area (Å²) in [6.07, 6.45) is 3.01. The fourth-order valence-corrected chi connectivity index (χ4v) is 1.59. The van der Waals surface area contributed by atoms with Crippen LogP contribution in [-0.2, 0) is 4.74 Å². The molecule has 0 saturated carbocycles. The van der Waals surface area contributed by atoms with Crippen molar-refractivity contribution in [3.8, 4) is 11.6 Å². The number of nitrogens with zero attached hydrogens (tertiary/aromatic N) is 3. The Hall–Kier alpha value is -2.37. The molecular formula is C13H15N3O3. The first kappa shape index (κ1) is 13.1. The van der Waals surface area contributed by atoms with Crippen LogP contribution in [0.15, 0.2) is 29.0 Å². The number of anilines is 1. The van der Waals surface area contributed by atoms with Crippen molar-refractivity contribution in [2.24, 2.45) is 0 Å². The summed E-state index contributed by atoms with van der Waals surface area (Å²) in [6.45, 7) is 2.07. The molecule has 0 aromatic carbocycles. The van der Waals surface area contributed by atoms with Gasteiger partial charge >= 0.3 is 5.97 Å². The van der Waals surface area contributed by atoms with Crippen LogP contribution in [0.4, 0.5) is 5.82 Å². The summed E-state index contributed by atoms with van der Waals surface area (Å²) in [5.41, 5.74) is 0.335. The molecule has 2 rings (SSSR count). The van der Waals surface area contributed by atoms with E-state index in [9.17, 15) is 4.79 Å². The van der Waals surface area contributed by atoms with Gasteiger partial charge in [-0.15, -0.1) is 0 Å². The lowest BCUT2D eigenvalue weighted by Gasteiger charge is -2.15. The van der Waals surface area contributed by atoms with Crippen molar-refractivity contribution in [1.29, 1.82) is 0 Å². The Balaban J connectivity index is 2.44. The van der Waals surface area contributed by atoms with Gasteiger partial charge in [0.15, 0.2) is 11.6 Å². The Morgan fingerprint density at radius 1 is 1.47 bits per heavy atom. The third-order valence-electron chi connectivity index (χ3n) is 2.43. The van der Waals surface area contributed by atoms with Gasteiger partial charge in [-0.05, 0) is 19.1 Å². The fraction of sp³-hybridized carbons (Fsp3) is 0.308. The lowest BCUT2D eigenvalue weighted by Crippen LogP contribution is -2.18. The first-order valence-corrected chi connectivity index (χ1v) is 5.88. The molecule has 100 valence electrons. The van der Waals surface area contributed by atoms with E-state index >= 15 is 0 Å². The Morgan fingerprint density at radius 2 is 2.26 bits per heavy atom. The highest BCUT2D eigenvalue weighted by Gasteiger charge is 2.18. The Labute approximate surface area is 111 Å². The maximum absolute atomic E-state index is 11.8. The van der Waals surface area contributed by atoms with Crippen LogP contribution < -0.4 is 4.90 Å². The van der Waals surface area contributed by atoms with Gasteiger partial charge in [0.25, 0.3) is 0 Å². The zero-order valence-electron chi connectivity index (χ0n) is 11.1. The molecule has 2 aromatic heterocycles. The maximum atomic E-state index is 11.8. The quantitative estimate of drug-likeness (QED) is 0.784. The van der Waals surface area contributed by atoms with Crippen LogP contribution in [0.5, 0.6) is 0 Å². The molecule has 6 heteroatoms. The van der Waals surface area contributed by atoms with Gasteiger partial charge in [-0.25, -0.2) is 14.8 Å². The van der Waals surface area contributed by atoms with Crippen LogP contribution in [0.2, 0.25) is 0 Å². The van der Waals surface area contributed by atoms with Gasteiger partial charge in [0.05, 0.1) is 12.9 Å². The summed E-state index contributed by atoms with van der Waals surface area (Å²) in [4.78, 5) is 22.0. The van der Waals surface area contributed by atoms with Gasteiger partial charge in [0, 0.05) is 20.3 Å². The molecule has 0 bridgehead atoms. The lowest BCUT2D eigenvalue weighted by molar-refractivity contribution is 0.0526. The summed E-state index contributed by atoms with van der Waals surface area (Å²) in [5.74, 6) is 1.05. The van der Waals surface area contributed by atoms with Crippen molar-refractivity contribution in [3.63, 3.8) is 0 Å². The molecule has 19 heavy (non-hydrogen) atoms. The number of hydrogen-bond acceptors (Lipinski definition) is 6. The molecular weight excluding hydrogens is 246 g/mol. The standard InChI is InChI=1S/C13H15N3O3/c1-4-18-13(17)9-8-14-11(10-6-5-7-19-10)15-12(9)16(2)3/h5-8H,4H2,1-3H3. The molecule has 0 aliphatic carbocycles. The van der Waals surface area contributed by atoms with Gasteiger partial charge in [0.1, 0.15) is 11.4 Å². The van der Waals surface area contributed by atoms with E-state index in [1.165, 1.54) is 6.20 Å². The molecule has 0 atom stereocenters. The molecule has 0 unspecified atom stereocenters. The van der Waals surface area contributed by atoms with Crippen LogP contribution in [0.1, 0.15) is 17.3 Å². The fourth-order valence-electron chi connectivity index (χ4n) is 1.59. The van der Waals surface area contributed by atoms with Crippen LogP contribution >= 0.6 is 0 Å². The lowest BCUT2D eigenvalue weighted by atomic mass is 10.3. The van der Waals surface area contributed by atoms with Crippen LogP contribution in [0.25, 0.3) is 11.6 Å². The van der Waals surface area contributed by atoms with Gasteiger partial charge < -0.3 is 14.1 Å². The topological polar surface area (TPSA) is 68.5 Å². The molecule has 0 aliphatic rings. The summed E-state index contributed by atoms with van der Waals surface area (Å²) in [7, 11) is 3.61. The van der Waals surface area contributed by atoms with Crippen molar-refractivity contribution in [3.05, 3.63) is 30.2 Å². The minimum atomic E-state index is -0.433. The van der Waals surface area contributed by atoms with E-state index in [0.717, 1.165) is 0 Å². The Morgan fingerprint density at radius 3 is 2.84 bits per heavy atom. The predicted molar refractivity (Wildman–Crippen MR) is 70.0 cm³/mol. The highest BCUT2D eigenvalue weighted by atomic mass is 16.5. The SMILES string of the molecule is CCOC(=O)c1cnc(-c2ccco2)nc1N(C)C. The van der Waals surface area contributed by atoms with Gasteiger partial charge in [-0.3, -0.25) is 0 Å². The second-order valence-corrected chi connectivity index (χ2v) is 4.02. The molecule has 0 spiro atoms. The van der Waals surface area contributed by atoms with E-state index in [-0.39, 0.29) is 0 Å². The second-order valence-electron chi connectivity index (χ2n) is 4.02. The van der Waals surface area contributed by atoms with Crippen LogP contribution in [-0.4, -0.2) is 36.6 Å². The zero-order chi connectivity index (χ0) is 13.8. The highest BCUT2D eigenvalue weighted by molar-refractivity contribution is 5.94. The molecule has 0 fully saturated rings. The monoisotopic (exact) mass is 261 g/mol. The summed E-state index contributed by atoms with van der Waals surface area (Å²) in [5, 5.41) is 0. The minimum Gasteiger partial charge on any atom is -0.462 e. The van der Waals surface area contributed by atoms with Gasteiger partial charge in [-0.1, -0.05) is 0 Å². The second kappa shape index (κ2) is 5.51. The molecule has 2 heterocycles. The van der Waals surface area contributed by atoms with Crippen molar-refractivity contribution in [2.45, 2.75) is 6.92 Å². The number of carbonyl (C=O) groups excluding carboxylic acids is 1. The van der Waals surface area contributed by atoms with Crippen LogP contribution in [0.3, 0.4) is 0 Å². The number of carbonyl (C=O) groups is 1. The molecule has 0 amide bonds. The molecule has 0 aliphatic heterocycles. The maximum Gasteiger partial charge on any atom is 0.343 e. The van der Waals surface area contributed by atoms with E-state index in [1.54, 1.807) is 44.3 Å². The predicted octanol–water partition coefficient (Wildman–Crippen LogP) is 1.98. The number of aromatic nitrogens is 2. The third kappa shape index (κ3) is 2.73. The Kier molecular flexibility index (Phi) is 3.79. The smallest absolute Gasteiger partial charge is 0.343 e. The normalized spacial score (nSPS) is 10.3. The van der Waals surface area contributed by atoms with E-state index in [4.69, 9.17) is 9.15 Å². The molecule has 0 N–H and O–H groups in total. The van der Waals surface area contributed by atoms with Crippen LogP contribution in [0, 0.1) is 0 Å². The number of rotatable bonds is 4. The average molecular weight is 261 g/mol. The highest BCUT2D eigenvalue weighted by Crippen LogP contribution is 2.21. The molecule has 0 saturated heterocycles. The third-order valence-corrected chi connectivity index (χ3v) is 2.43.